The second-order valence-electron chi connectivity index (χ2n) is 7.10. The van der Waals surface area contributed by atoms with Crippen LogP contribution in [0, 0.1) is 0 Å². The highest BCUT2D eigenvalue weighted by Crippen LogP contribution is 2.35. The van der Waals surface area contributed by atoms with Crippen LogP contribution in [-0.2, 0) is 19.3 Å². The molecule has 6 nitrogen and oxygen atoms in total. The number of benzene rings is 2. The van der Waals surface area contributed by atoms with E-state index in [-0.39, 0.29) is 5.91 Å². The second-order valence-corrected chi connectivity index (χ2v) is 7.10. The zero-order valence-electron chi connectivity index (χ0n) is 15.8. The van der Waals surface area contributed by atoms with Crippen molar-refractivity contribution in [2.75, 3.05) is 6.54 Å². The lowest BCUT2D eigenvalue weighted by molar-refractivity contribution is 0.0944. The van der Waals surface area contributed by atoms with Gasteiger partial charge in [-0.25, -0.2) is 4.98 Å². The molecule has 0 fully saturated rings. The normalized spacial score (nSPS) is 12.3. The van der Waals surface area contributed by atoms with E-state index in [2.05, 4.69) is 27.6 Å². The number of para-hydroxylation sites is 1. The third kappa shape index (κ3) is 3.23. The summed E-state index contributed by atoms with van der Waals surface area (Å²) in [5, 5.41) is 7.07. The maximum atomic E-state index is 12.7. The summed E-state index contributed by atoms with van der Waals surface area (Å²) >= 11 is 0. The van der Waals surface area contributed by atoms with Crippen LogP contribution < -0.4 is 5.32 Å². The average molecular weight is 384 g/mol. The molecule has 0 saturated heterocycles. The largest absolute Gasteiger partial charge is 0.355 e. The molecule has 1 aliphatic rings. The van der Waals surface area contributed by atoms with Gasteiger partial charge >= 0.3 is 0 Å². The number of aromatic nitrogens is 3. The predicted molar refractivity (Wildman–Crippen MR) is 109 cm³/mol. The maximum Gasteiger partial charge on any atom is 0.273 e. The Bertz CT molecular complexity index is 1160. The minimum Gasteiger partial charge on any atom is -0.355 e. The van der Waals surface area contributed by atoms with E-state index in [1.807, 2.05) is 47.2 Å². The predicted octanol–water partition coefficient (Wildman–Crippen LogP) is 3.60. The van der Waals surface area contributed by atoms with Crippen LogP contribution in [0.5, 0.6) is 0 Å². The zero-order chi connectivity index (χ0) is 19.6. The topological polar surface area (TPSA) is 73.0 Å². The number of rotatable bonds is 5. The van der Waals surface area contributed by atoms with Crippen LogP contribution in [0.4, 0.5) is 0 Å². The number of carbonyl (C=O) groups excluding carboxylic acids is 1. The molecule has 1 aliphatic carbocycles. The SMILES string of the molecule is O=C(NCCc1ccccc1-n1ccnc1)c1noc2c1CCc1ccccc1-2. The van der Waals surface area contributed by atoms with Crippen molar-refractivity contribution in [3.63, 3.8) is 0 Å². The molecule has 0 saturated carbocycles. The molecule has 0 atom stereocenters. The van der Waals surface area contributed by atoms with Crippen LogP contribution in [0.3, 0.4) is 0 Å². The number of fused-ring (bicyclic) bond motifs is 3. The molecule has 1 amide bonds. The molecular weight excluding hydrogens is 364 g/mol. The lowest BCUT2D eigenvalue weighted by atomic mass is 9.89. The van der Waals surface area contributed by atoms with E-state index in [1.165, 1.54) is 5.56 Å². The van der Waals surface area contributed by atoms with Crippen molar-refractivity contribution in [3.8, 4) is 17.0 Å². The van der Waals surface area contributed by atoms with Gasteiger partial charge in [0, 0.05) is 35.8 Å². The molecule has 0 unspecified atom stereocenters. The molecule has 4 aromatic rings. The van der Waals surface area contributed by atoms with E-state index in [0.717, 1.165) is 41.0 Å². The van der Waals surface area contributed by atoms with Gasteiger partial charge in [-0.05, 0) is 36.5 Å². The summed E-state index contributed by atoms with van der Waals surface area (Å²) in [5.74, 6) is 0.539. The molecule has 2 aromatic carbocycles. The van der Waals surface area contributed by atoms with E-state index in [0.29, 0.717) is 18.7 Å². The molecule has 2 aromatic heterocycles. The van der Waals surface area contributed by atoms with Gasteiger partial charge in [-0.3, -0.25) is 4.79 Å². The van der Waals surface area contributed by atoms with Crippen LogP contribution in [0.2, 0.25) is 0 Å². The van der Waals surface area contributed by atoms with Crippen molar-refractivity contribution in [3.05, 3.63) is 89.6 Å². The molecule has 6 heteroatoms. The lowest BCUT2D eigenvalue weighted by Gasteiger charge is -2.14. The Labute approximate surface area is 168 Å². The first-order chi connectivity index (χ1) is 14.3. The van der Waals surface area contributed by atoms with Gasteiger partial charge in [0.05, 0.1) is 6.33 Å². The summed E-state index contributed by atoms with van der Waals surface area (Å²) in [7, 11) is 0. The zero-order valence-corrected chi connectivity index (χ0v) is 15.8. The minimum absolute atomic E-state index is 0.186. The van der Waals surface area contributed by atoms with Gasteiger partial charge in [0.1, 0.15) is 0 Å². The van der Waals surface area contributed by atoms with Gasteiger partial charge in [-0.2, -0.15) is 0 Å². The van der Waals surface area contributed by atoms with Crippen LogP contribution >= 0.6 is 0 Å². The monoisotopic (exact) mass is 384 g/mol. The molecule has 2 heterocycles. The van der Waals surface area contributed by atoms with Crippen LogP contribution in [0.25, 0.3) is 17.0 Å². The van der Waals surface area contributed by atoms with Crippen LogP contribution in [0.15, 0.2) is 71.8 Å². The quantitative estimate of drug-likeness (QED) is 0.571. The molecule has 5 rings (SSSR count). The highest BCUT2D eigenvalue weighted by atomic mass is 16.5. The molecule has 0 radical (unpaired) electrons. The van der Waals surface area contributed by atoms with E-state index in [1.54, 1.807) is 12.5 Å². The number of imidazole rings is 1. The minimum atomic E-state index is -0.186. The fourth-order valence-electron chi connectivity index (χ4n) is 3.92. The van der Waals surface area contributed by atoms with Crippen molar-refractivity contribution in [2.45, 2.75) is 19.3 Å². The molecule has 0 aliphatic heterocycles. The van der Waals surface area contributed by atoms with Crippen LogP contribution in [-0.4, -0.2) is 27.2 Å². The Morgan fingerprint density at radius 1 is 1.10 bits per heavy atom. The molecule has 1 N–H and O–H groups in total. The first kappa shape index (κ1) is 17.4. The summed E-state index contributed by atoms with van der Waals surface area (Å²) in [6.07, 6.45) is 7.81. The average Bonchev–Trinajstić information content (AvgIpc) is 3.44. The van der Waals surface area contributed by atoms with Crippen molar-refractivity contribution >= 4 is 5.91 Å². The maximum absolute atomic E-state index is 12.7. The third-order valence-corrected chi connectivity index (χ3v) is 5.36. The lowest BCUT2D eigenvalue weighted by Crippen LogP contribution is -2.27. The highest BCUT2D eigenvalue weighted by Gasteiger charge is 2.27. The Balaban J connectivity index is 1.30. The van der Waals surface area contributed by atoms with E-state index < -0.39 is 0 Å². The Morgan fingerprint density at radius 2 is 1.97 bits per heavy atom. The number of carbonyl (C=O) groups is 1. The summed E-state index contributed by atoms with van der Waals surface area (Å²) in [4.78, 5) is 16.9. The number of nitrogens with zero attached hydrogens (tertiary/aromatic N) is 3. The molecular formula is C23H20N4O2. The van der Waals surface area contributed by atoms with E-state index in [4.69, 9.17) is 4.52 Å². The Hall–Kier alpha value is -3.67. The Morgan fingerprint density at radius 3 is 2.86 bits per heavy atom. The smallest absolute Gasteiger partial charge is 0.273 e. The summed E-state index contributed by atoms with van der Waals surface area (Å²) < 4.78 is 7.52. The highest BCUT2D eigenvalue weighted by molar-refractivity contribution is 5.95. The van der Waals surface area contributed by atoms with E-state index in [9.17, 15) is 4.79 Å². The summed E-state index contributed by atoms with van der Waals surface area (Å²) in [5.41, 5.74) is 5.78. The van der Waals surface area contributed by atoms with Crippen molar-refractivity contribution in [1.29, 1.82) is 0 Å². The fraction of sp³-hybridized carbons (Fsp3) is 0.174. The third-order valence-electron chi connectivity index (χ3n) is 5.36. The fourth-order valence-corrected chi connectivity index (χ4v) is 3.92. The summed E-state index contributed by atoms with van der Waals surface area (Å²) in [6, 6.07) is 16.2. The Kier molecular flexibility index (Phi) is 4.44. The van der Waals surface area contributed by atoms with Crippen molar-refractivity contribution < 1.29 is 9.32 Å². The molecule has 29 heavy (non-hydrogen) atoms. The van der Waals surface area contributed by atoms with Gasteiger partial charge in [-0.15, -0.1) is 0 Å². The second kappa shape index (κ2) is 7.39. The molecule has 0 bridgehead atoms. The van der Waals surface area contributed by atoms with Crippen molar-refractivity contribution in [1.82, 2.24) is 20.0 Å². The molecule has 0 spiro atoms. The number of aryl methyl sites for hydroxylation is 1. The number of amides is 1. The number of nitrogens with one attached hydrogen (secondary N) is 1. The van der Waals surface area contributed by atoms with Gasteiger partial charge < -0.3 is 14.4 Å². The van der Waals surface area contributed by atoms with Crippen LogP contribution in [0.1, 0.15) is 27.2 Å². The standard InChI is InChI=1S/C23H20N4O2/c28-23(21-19-10-9-16-5-1-3-7-18(16)22(19)29-26-21)25-12-11-17-6-2-4-8-20(17)27-14-13-24-15-27/h1-8,13-15H,9-12H2,(H,25,28). The number of hydrogen-bond acceptors (Lipinski definition) is 4. The number of hydrogen-bond donors (Lipinski definition) is 1. The van der Waals surface area contributed by atoms with Gasteiger partial charge in [-0.1, -0.05) is 47.6 Å². The van der Waals surface area contributed by atoms with Gasteiger partial charge in [0.25, 0.3) is 5.91 Å². The molecule has 144 valence electrons. The van der Waals surface area contributed by atoms with E-state index >= 15 is 0 Å². The van der Waals surface area contributed by atoms with Gasteiger partial charge in [0.15, 0.2) is 11.5 Å². The summed E-state index contributed by atoms with van der Waals surface area (Å²) in [6.45, 7) is 0.517. The first-order valence-electron chi connectivity index (χ1n) is 9.72. The van der Waals surface area contributed by atoms with Gasteiger partial charge in [0.2, 0.25) is 0 Å². The first-order valence-corrected chi connectivity index (χ1v) is 9.72. The van der Waals surface area contributed by atoms with Crippen molar-refractivity contribution in [2.24, 2.45) is 0 Å².